The molecule has 1 unspecified atom stereocenters. The number of halogens is 2. The van der Waals surface area contributed by atoms with Crippen molar-refractivity contribution in [3.8, 4) is 5.88 Å². The van der Waals surface area contributed by atoms with E-state index < -0.39 is 12.7 Å². The maximum absolute atomic E-state index is 11.7. The number of nitrogens with zero attached hydrogens (tertiary/aromatic N) is 1. The molecule has 0 spiro atoms. The van der Waals surface area contributed by atoms with Crippen molar-refractivity contribution in [3.63, 3.8) is 0 Å². The Balaban J connectivity index is 2.70. The van der Waals surface area contributed by atoms with E-state index in [1.165, 1.54) is 18.3 Å². The fraction of sp³-hybridized carbons (Fsp3) is 0.375. The van der Waals surface area contributed by atoms with Crippen LogP contribution in [0.4, 0.5) is 8.78 Å². The number of alkyl halides is 2. The molecule has 1 heterocycles. The molecule has 0 aliphatic rings. The molecule has 1 atom stereocenters. The molecule has 0 saturated carbocycles. The number of hydrogen-bond acceptors (Lipinski definition) is 3. The van der Waals surface area contributed by atoms with Gasteiger partial charge in [-0.3, -0.25) is 0 Å². The van der Waals surface area contributed by atoms with Crippen LogP contribution in [0.3, 0.4) is 0 Å². The number of aliphatic hydroxyl groups excluding tert-OH is 1. The number of ether oxygens (including phenoxy) is 1. The third kappa shape index (κ3) is 2.95. The van der Waals surface area contributed by atoms with Gasteiger partial charge in [-0.25, -0.2) is 4.98 Å². The Kier molecular flexibility index (Phi) is 3.13. The van der Waals surface area contributed by atoms with Crippen LogP contribution in [0.1, 0.15) is 18.6 Å². The summed E-state index contributed by atoms with van der Waals surface area (Å²) >= 11 is 0. The Morgan fingerprint density at radius 3 is 2.54 bits per heavy atom. The van der Waals surface area contributed by atoms with Gasteiger partial charge in [0.25, 0.3) is 0 Å². The lowest BCUT2D eigenvalue weighted by atomic mass is 10.2. The van der Waals surface area contributed by atoms with Crippen molar-refractivity contribution >= 4 is 0 Å². The monoisotopic (exact) mass is 189 g/mol. The molecule has 0 bridgehead atoms. The van der Waals surface area contributed by atoms with Gasteiger partial charge in [-0.2, -0.15) is 8.78 Å². The Morgan fingerprint density at radius 2 is 2.15 bits per heavy atom. The summed E-state index contributed by atoms with van der Waals surface area (Å²) in [6.07, 6.45) is 0.635. The second-order valence-electron chi connectivity index (χ2n) is 2.48. The predicted molar refractivity (Wildman–Crippen MR) is 41.5 cm³/mol. The number of aromatic nitrogens is 1. The number of aliphatic hydroxyl groups is 1. The molecule has 5 heteroatoms. The summed E-state index contributed by atoms with van der Waals surface area (Å²) in [5.74, 6) is -0.153. The molecule has 1 aromatic rings. The van der Waals surface area contributed by atoms with Crippen LogP contribution in [0.5, 0.6) is 5.88 Å². The van der Waals surface area contributed by atoms with Crippen LogP contribution in [0, 0.1) is 0 Å². The van der Waals surface area contributed by atoms with Gasteiger partial charge in [0.2, 0.25) is 5.88 Å². The summed E-state index contributed by atoms with van der Waals surface area (Å²) in [6, 6.07) is 2.77. The van der Waals surface area contributed by atoms with Gasteiger partial charge in [-0.1, -0.05) is 0 Å². The molecule has 1 rings (SSSR count). The van der Waals surface area contributed by atoms with Crippen molar-refractivity contribution < 1.29 is 18.6 Å². The highest BCUT2D eigenvalue weighted by atomic mass is 19.3. The zero-order valence-corrected chi connectivity index (χ0v) is 6.95. The van der Waals surface area contributed by atoms with Gasteiger partial charge in [0.15, 0.2) is 0 Å². The minimum Gasteiger partial charge on any atom is -0.417 e. The summed E-state index contributed by atoms with van der Waals surface area (Å²) in [7, 11) is 0. The molecule has 0 amide bonds. The lowest BCUT2D eigenvalue weighted by Crippen LogP contribution is -2.03. The van der Waals surface area contributed by atoms with E-state index in [2.05, 4.69) is 9.72 Å². The lowest BCUT2D eigenvalue weighted by Gasteiger charge is -2.05. The van der Waals surface area contributed by atoms with Gasteiger partial charge in [0.1, 0.15) is 0 Å². The normalized spacial score (nSPS) is 13.0. The van der Waals surface area contributed by atoms with Gasteiger partial charge in [0, 0.05) is 12.3 Å². The van der Waals surface area contributed by atoms with Crippen molar-refractivity contribution in [3.05, 3.63) is 23.9 Å². The second-order valence-corrected chi connectivity index (χ2v) is 2.48. The first kappa shape index (κ1) is 9.85. The van der Waals surface area contributed by atoms with Crippen LogP contribution in [0.25, 0.3) is 0 Å². The van der Waals surface area contributed by atoms with E-state index >= 15 is 0 Å². The van der Waals surface area contributed by atoms with E-state index in [4.69, 9.17) is 5.11 Å². The molecule has 0 aliphatic carbocycles. The molecule has 0 aliphatic heterocycles. The van der Waals surface area contributed by atoms with Crippen molar-refractivity contribution in [2.24, 2.45) is 0 Å². The molecular weight excluding hydrogens is 180 g/mol. The molecule has 0 radical (unpaired) electrons. The average molecular weight is 189 g/mol. The molecule has 3 nitrogen and oxygen atoms in total. The molecule has 0 aromatic carbocycles. The highest BCUT2D eigenvalue weighted by Crippen LogP contribution is 2.15. The minimum absolute atomic E-state index is 0.153. The van der Waals surface area contributed by atoms with E-state index in [0.717, 1.165) is 0 Å². The molecule has 0 saturated heterocycles. The first-order chi connectivity index (χ1) is 6.09. The topological polar surface area (TPSA) is 42.4 Å². The highest BCUT2D eigenvalue weighted by molar-refractivity contribution is 5.19. The van der Waals surface area contributed by atoms with E-state index in [9.17, 15) is 8.78 Å². The smallest absolute Gasteiger partial charge is 0.388 e. The predicted octanol–water partition coefficient (Wildman–Crippen LogP) is 1.74. The molecular formula is C8H9F2NO2. The average Bonchev–Trinajstić information content (AvgIpc) is 2.04. The van der Waals surface area contributed by atoms with E-state index in [0.29, 0.717) is 5.56 Å². The summed E-state index contributed by atoms with van der Waals surface area (Å²) in [4.78, 5) is 3.58. The van der Waals surface area contributed by atoms with Crippen LogP contribution in [0.2, 0.25) is 0 Å². The van der Waals surface area contributed by atoms with Crippen molar-refractivity contribution in [1.29, 1.82) is 0 Å². The Hall–Kier alpha value is -1.23. The highest BCUT2D eigenvalue weighted by Gasteiger charge is 2.06. The molecule has 1 N–H and O–H groups in total. The maximum atomic E-state index is 11.7. The van der Waals surface area contributed by atoms with E-state index in [1.807, 2.05) is 0 Å². The number of pyridine rings is 1. The lowest BCUT2D eigenvalue weighted by molar-refractivity contribution is -0.0528. The number of rotatable bonds is 3. The number of hydrogen-bond donors (Lipinski definition) is 1. The first-order valence-electron chi connectivity index (χ1n) is 3.68. The van der Waals surface area contributed by atoms with Gasteiger partial charge in [-0.15, -0.1) is 0 Å². The van der Waals surface area contributed by atoms with Crippen molar-refractivity contribution in [1.82, 2.24) is 4.98 Å². The summed E-state index contributed by atoms with van der Waals surface area (Å²) in [5.41, 5.74) is 0.557. The summed E-state index contributed by atoms with van der Waals surface area (Å²) < 4.78 is 27.4. The molecule has 1 aromatic heterocycles. The Morgan fingerprint density at radius 1 is 1.46 bits per heavy atom. The van der Waals surface area contributed by atoms with Crippen LogP contribution >= 0.6 is 0 Å². The zero-order chi connectivity index (χ0) is 9.84. The third-order valence-corrected chi connectivity index (χ3v) is 1.45. The van der Waals surface area contributed by atoms with Crippen LogP contribution in [-0.2, 0) is 0 Å². The van der Waals surface area contributed by atoms with E-state index in [-0.39, 0.29) is 5.88 Å². The standard InChI is InChI=1S/C8H9F2NO2/c1-5(12)6-2-3-7(11-4-6)13-8(9)10/h2-5,8,12H,1H3. The fourth-order valence-electron chi connectivity index (χ4n) is 0.800. The summed E-state index contributed by atoms with van der Waals surface area (Å²) in [6.45, 7) is -1.31. The second kappa shape index (κ2) is 4.13. The van der Waals surface area contributed by atoms with Gasteiger partial charge in [0.05, 0.1) is 6.10 Å². The van der Waals surface area contributed by atoms with Crippen molar-refractivity contribution in [2.75, 3.05) is 0 Å². The quantitative estimate of drug-likeness (QED) is 0.787. The van der Waals surface area contributed by atoms with Crippen LogP contribution < -0.4 is 4.74 Å². The molecule has 13 heavy (non-hydrogen) atoms. The van der Waals surface area contributed by atoms with Crippen LogP contribution in [0.15, 0.2) is 18.3 Å². The van der Waals surface area contributed by atoms with Gasteiger partial charge < -0.3 is 9.84 Å². The van der Waals surface area contributed by atoms with E-state index in [1.54, 1.807) is 6.92 Å². The van der Waals surface area contributed by atoms with Crippen molar-refractivity contribution in [2.45, 2.75) is 19.6 Å². The summed E-state index contributed by atoms with van der Waals surface area (Å²) in [5, 5.41) is 9.07. The van der Waals surface area contributed by atoms with Crippen LogP contribution in [-0.4, -0.2) is 16.7 Å². The Bertz CT molecular complexity index is 261. The minimum atomic E-state index is -2.87. The van der Waals surface area contributed by atoms with Gasteiger partial charge >= 0.3 is 6.61 Å². The maximum Gasteiger partial charge on any atom is 0.388 e. The Labute approximate surface area is 74.0 Å². The zero-order valence-electron chi connectivity index (χ0n) is 6.95. The fourth-order valence-corrected chi connectivity index (χ4v) is 0.800. The SMILES string of the molecule is CC(O)c1ccc(OC(F)F)nc1. The van der Waals surface area contributed by atoms with Gasteiger partial charge in [-0.05, 0) is 18.6 Å². The first-order valence-corrected chi connectivity index (χ1v) is 3.68. The molecule has 0 fully saturated rings. The molecule has 72 valence electrons. The third-order valence-electron chi connectivity index (χ3n) is 1.45. The largest absolute Gasteiger partial charge is 0.417 e.